The number of benzene rings is 1. The first kappa shape index (κ1) is 13.4. The van der Waals surface area contributed by atoms with Crippen LogP contribution in [0.3, 0.4) is 0 Å². The number of aromatic nitrogens is 1. The molecule has 2 N–H and O–H groups in total. The van der Waals surface area contributed by atoms with Gasteiger partial charge in [0.15, 0.2) is 0 Å². The lowest BCUT2D eigenvalue weighted by Gasteiger charge is -2.09. The number of nitriles is 2. The summed E-state index contributed by atoms with van der Waals surface area (Å²) >= 11 is 0. The maximum Gasteiger partial charge on any atom is 0.127 e. The van der Waals surface area contributed by atoms with Crippen molar-refractivity contribution >= 4 is 17.2 Å². The van der Waals surface area contributed by atoms with E-state index in [2.05, 4.69) is 15.6 Å². The topological polar surface area (TPSA) is 84.5 Å². The highest BCUT2D eigenvalue weighted by molar-refractivity contribution is 5.65. The van der Waals surface area contributed by atoms with Crippen molar-refractivity contribution in [1.29, 1.82) is 10.5 Å². The molecule has 1 heterocycles. The summed E-state index contributed by atoms with van der Waals surface area (Å²) in [6.07, 6.45) is 1.70. The van der Waals surface area contributed by atoms with Gasteiger partial charge < -0.3 is 10.6 Å². The van der Waals surface area contributed by atoms with Crippen LogP contribution in [0.1, 0.15) is 18.1 Å². The minimum Gasteiger partial charge on any atom is -0.370 e. The summed E-state index contributed by atoms with van der Waals surface area (Å²) < 4.78 is 0. The van der Waals surface area contributed by atoms with Crippen LogP contribution in [-0.2, 0) is 0 Å². The van der Waals surface area contributed by atoms with Crippen molar-refractivity contribution in [2.45, 2.75) is 6.92 Å². The molecule has 0 saturated heterocycles. The summed E-state index contributed by atoms with van der Waals surface area (Å²) in [7, 11) is 0. The summed E-state index contributed by atoms with van der Waals surface area (Å²) in [5.41, 5.74) is 2.36. The maximum absolute atomic E-state index is 9.01. The number of nitrogens with zero attached hydrogens (tertiary/aromatic N) is 3. The van der Waals surface area contributed by atoms with Crippen LogP contribution in [0.15, 0.2) is 36.5 Å². The zero-order valence-corrected chi connectivity index (χ0v) is 11.0. The summed E-state index contributed by atoms with van der Waals surface area (Å²) in [6, 6.07) is 12.8. The van der Waals surface area contributed by atoms with Crippen LogP contribution >= 0.6 is 0 Å². The first-order valence-electron chi connectivity index (χ1n) is 6.18. The maximum atomic E-state index is 9.01. The van der Waals surface area contributed by atoms with Crippen LogP contribution in [0.2, 0.25) is 0 Å². The average Bonchev–Trinajstić information content (AvgIpc) is 2.48. The zero-order chi connectivity index (χ0) is 14.4. The number of anilines is 3. The Labute approximate surface area is 117 Å². The van der Waals surface area contributed by atoms with Crippen LogP contribution in [-0.4, -0.2) is 11.5 Å². The van der Waals surface area contributed by atoms with Gasteiger partial charge in [-0.25, -0.2) is 4.98 Å². The van der Waals surface area contributed by atoms with Gasteiger partial charge in [-0.05, 0) is 31.2 Å². The molecule has 0 amide bonds. The number of rotatable bonds is 4. The minimum atomic E-state index is 0.360. The van der Waals surface area contributed by atoms with Gasteiger partial charge in [0.25, 0.3) is 0 Å². The fourth-order valence-electron chi connectivity index (χ4n) is 1.76. The third-order valence-corrected chi connectivity index (χ3v) is 2.67. The molecule has 0 atom stereocenters. The molecule has 1 aromatic carbocycles. The molecular formula is C15H13N5. The number of nitrogens with one attached hydrogen (secondary N) is 2. The Kier molecular flexibility index (Phi) is 4.16. The first-order chi connectivity index (χ1) is 9.76. The molecule has 1 aromatic heterocycles. The van der Waals surface area contributed by atoms with Crippen molar-refractivity contribution in [1.82, 2.24) is 4.98 Å². The molecule has 0 radical (unpaired) electrons. The Bertz CT molecular complexity index is 694. The molecule has 20 heavy (non-hydrogen) atoms. The van der Waals surface area contributed by atoms with E-state index in [1.54, 1.807) is 24.4 Å². The molecule has 0 spiro atoms. The Morgan fingerprint density at radius 1 is 1.05 bits per heavy atom. The summed E-state index contributed by atoms with van der Waals surface area (Å²) in [4.78, 5) is 4.19. The van der Waals surface area contributed by atoms with Gasteiger partial charge in [-0.3, -0.25) is 0 Å². The van der Waals surface area contributed by atoms with Crippen molar-refractivity contribution in [3.8, 4) is 12.1 Å². The van der Waals surface area contributed by atoms with Gasteiger partial charge >= 0.3 is 0 Å². The normalized spacial score (nSPS) is 9.35. The highest BCUT2D eigenvalue weighted by Gasteiger charge is 2.03. The van der Waals surface area contributed by atoms with Gasteiger partial charge in [-0.2, -0.15) is 10.5 Å². The molecule has 0 bridgehead atoms. The van der Waals surface area contributed by atoms with E-state index < -0.39 is 0 Å². The lowest BCUT2D eigenvalue weighted by molar-refractivity contribution is 1.16. The van der Waals surface area contributed by atoms with Gasteiger partial charge in [0.2, 0.25) is 0 Å². The van der Waals surface area contributed by atoms with E-state index in [9.17, 15) is 0 Å². The van der Waals surface area contributed by atoms with Crippen LogP contribution in [0.5, 0.6) is 0 Å². The molecule has 0 fully saturated rings. The first-order valence-corrected chi connectivity index (χ1v) is 6.18. The van der Waals surface area contributed by atoms with Crippen molar-refractivity contribution in [2.75, 3.05) is 17.2 Å². The average molecular weight is 263 g/mol. The fraction of sp³-hybridized carbons (Fsp3) is 0.133. The highest BCUT2D eigenvalue weighted by Crippen LogP contribution is 2.21. The van der Waals surface area contributed by atoms with E-state index in [-0.39, 0.29) is 0 Å². The number of hydrogen-bond donors (Lipinski definition) is 2. The molecular weight excluding hydrogens is 250 g/mol. The Morgan fingerprint density at radius 2 is 1.80 bits per heavy atom. The fourth-order valence-corrected chi connectivity index (χ4v) is 1.76. The second-order valence-corrected chi connectivity index (χ2v) is 4.07. The van der Waals surface area contributed by atoms with E-state index in [1.807, 2.05) is 31.2 Å². The molecule has 0 unspecified atom stereocenters. The lowest BCUT2D eigenvalue weighted by Crippen LogP contribution is -2.00. The molecule has 5 heteroatoms. The zero-order valence-electron chi connectivity index (χ0n) is 11.0. The van der Waals surface area contributed by atoms with Gasteiger partial charge in [-0.15, -0.1) is 0 Å². The Hall–Kier alpha value is -3.05. The standard InChI is InChI=1S/C15H13N5/c1-2-18-15-8-14(5-6-19-15)20-13-4-3-11(9-16)12(7-13)10-17/h3-8H,2H2,1H3,(H2,18,19,20). The summed E-state index contributed by atoms with van der Waals surface area (Å²) in [6.45, 7) is 2.80. The van der Waals surface area contributed by atoms with Crippen molar-refractivity contribution in [2.24, 2.45) is 0 Å². The van der Waals surface area contributed by atoms with Gasteiger partial charge in [0, 0.05) is 30.2 Å². The van der Waals surface area contributed by atoms with Crippen LogP contribution < -0.4 is 10.6 Å². The van der Waals surface area contributed by atoms with Gasteiger partial charge in [-0.1, -0.05) is 0 Å². The third-order valence-electron chi connectivity index (χ3n) is 2.67. The minimum absolute atomic E-state index is 0.360. The predicted octanol–water partition coefficient (Wildman–Crippen LogP) is 3.00. The molecule has 98 valence electrons. The largest absolute Gasteiger partial charge is 0.370 e. The van der Waals surface area contributed by atoms with E-state index in [1.165, 1.54) is 0 Å². The van der Waals surface area contributed by atoms with E-state index in [0.29, 0.717) is 11.1 Å². The third kappa shape index (κ3) is 3.04. The van der Waals surface area contributed by atoms with E-state index >= 15 is 0 Å². The molecule has 0 aliphatic rings. The predicted molar refractivity (Wildman–Crippen MR) is 77.6 cm³/mol. The van der Waals surface area contributed by atoms with Gasteiger partial charge in [0.05, 0.1) is 11.1 Å². The monoisotopic (exact) mass is 263 g/mol. The second kappa shape index (κ2) is 6.21. The smallest absolute Gasteiger partial charge is 0.127 e. The molecule has 2 aromatic rings. The Morgan fingerprint density at radius 3 is 2.50 bits per heavy atom. The van der Waals surface area contributed by atoms with Crippen molar-refractivity contribution < 1.29 is 0 Å². The van der Waals surface area contributed by atoms with E-state index in [4.69, 9.17) is 10.5 Å². The SMILES string of the molecule is CCNc1cc(Nc2ccc(C#N)c(C#N)c2)ccn1. The lowest BCUT2D eigenvalue weighted by atomic mass is 10.1. The molecule has 2 rings (SSSR count). The van der Waals surface area contributed by atoms with Gasteiger partial charge in [0.1, 0.15) is 18.0 Å². The highest BCUT2D eigenvalue weighted by atomic mass is 15.0. The quantitative estimate of drug-likeness (QED) is 0.885. The van der Waals surface area contributed by atoms with Crippen LogP contribution in [0.25, 0.3) is 0 Å². The van der Waals surface area contributed by atoms with Crippen molar-refractivity contribution in [3.63, 3.8) is 0 Å². The summed E-state index contributed by atoms with van der Waals surface area (Å²) in [5.74, 6) is 0.784. The molecule has 5 nitrogen and oxygen atoms in total. The van der Waals surface area contributed by atoms with Crippen LogP contribution in [0, 0.1) is 22.7 Å². The molecule has 0 aliphatic heterocycles. The number of hydrogen-bond acceptors (Lipinski definition) is 5. The van der Waals surface area contributed by atoms with Crippen molar-refractivity contribution in [3.05, 3.63) is 47.7 Å². The second-order valence-electron chi connectivity index (χ2n) is 4.07. The number of pyridine rings is 1. The molecule has 0 saturated carbocycles. The molecule has 0 aliphatic carbocycles. The van der Waals surface area contributed by atoms with Crippen LogP contribution in [0.4, 0.5) is 17.2 Å². The Balaban J connectivity index is 2.24. The van der Waals surface area contributed by atoms with E-state index in [0.717, 1.165) is 23.7 Å². The summed E-state index contributed by atoms with van der Waals surface area (Å²) in [5, 5.41) is 24.2.